The summed E-state index contributed by atoms with van der Waals surface area (Å²) in [7, 11) is 23.1. The summed E-state index contributed by atoms with van der Waals surface area (Å²) in [6.45, 7) is 2.47. The Bertz CT molecular complexity index is 211. The second kappa shape index (κ2) is 4.47. The first-order valence-corrected chi connectivity index (χ1v) is 5.93. The maximum Gasteiger partial charge on any atom is 0.111 e. The van der Waals surface area contributed by atoms with E-state index in [1.165, 1.54) is 7.06 Å². The lowest BCUT2D eigenvalue weighted by Gasteiger charge is -2.39. The molecule has 13 heavy (non-hydrogen) atoms. The van der Waals surface area contributed by atoms with E-state index in [0.717, 1.165) is 0 Å². The van der Waals surface area contributed by atoms with E-state index in [4.69, 9.17) is 30.9 Å². The Morgan fingerprint density at radius 1 is 1.23 bits per heavy atom. The van der Waals surface area contributed by atoms with Gasteiger partial charge in [0.05, 0.1) is 0 Å². The fourth-order valence-corrected chi connectivity index (χ4v) is 3.66. The third-order valence-electron chi connectivity index (χ3n) is 2.13. The molecular formula is C4H9B7OP. The molecule has 0 aromatic heterocycles. The van der Waals surface area contributed by atoms with Gasteiger partial charge in [-0.05, 0) is 12.1 Å². The van der Waals surface area contributed by atoms with Gasteiger partial charge in [0, 0.05) is 38.0 Å². The summed E-state index contributed by atoms with van der Waals surface area (Å²) in [6, 6.07) is 0. The normalized spacial score (nSPS) is 15.9. The Morgan fingerprint density at radius 2 is 1.62 bits per heavy atom. The zero-order valence-electron chi connectivity index (χ0n) is 8.40. The van der Waals surface area contributed by atoms with Gasteiger partial charge in [0.2, 0.25) is 0 Å². The van der Waals surface area contributed by atoms with Crippen molar-refractivity contribution < 1.29 is 4.57 Å². The Morgan fingerprint density at radius 3 is 1.69 bits per heavy atom. The van der Waals surface area contributed by atoms with Crippen molar-refractivity contribution in [3.05, 3.63) is 0 Å². The van der Waals surface area contributed by atoms with Crippen molar-refractivity contribution in [2.75, 3.05) is 0 Å². The molecule has 9 heteroatoms. The maximum atomic E-state index is 12.4. The van der Waals surface area contributed by atoms with Crippen LogP contribution in [0.4, 0.5) is 0 Å². The van der Waals surface area contributed by atoms with Crippen LogP contribution in [-0.2, 0) is 4.57 Å². The Labute approximate surface area is 88.2 Å². The van der Waals surface area contributed by atoms with Crippen LogP contribution in [0.15, 0.2) is 0 Å². The molecule has 0 aliphatic heterocycles. The Kier molecular flexibility index (Phi) is 4.70. The van der Waals surface area contributed by atoms with E-state index in [9.17, 15) is 4.57 Å². The number of hydrogen-bond acceptors (Lipinski definition) is 1. The highest BCUT2D eigenvalue weighted by molar-refractivity contribution is 8.33. The largest absolute Gasteiger partial charge is 0.346 e. The third kappa shape index (κ3) is 2.58. The molecule has 0 amide bonds. The quantitative estimate of drug-likeness (QED) is 0.419. The topological polar surface area (TPSA) is 17.1 Å². The van der Waals surface area contributed by atoms with E-state index < -0.39 is 24.5 Å². The van der Waals surface area contributed by atoms with Crippen LogP contribution >= 0.6 is 6.90 Å². The number of rotatable bonds is 3. The van der Waals surface area contributed by atoms with E-state index >= 15 is 0 Å². The van der Waals surface area contributed by atoms with E-state index in [0.29, 0.717) is 0 Å². The van der Waals surface area contributed by atoms with Crippen LogP contribution in [0.5, 0.6) is 0 Å². The van der Waals surface area contributed by atoms with Crippen LogP contribution in [0.1, 0.15) is 20.8 Å². The fraction of sp³-hybridized carbons (Fsp3) is 1.00. The van der Waals surface area contributed by atoms with Gasteiger partial charge in [-0.25, -0.2) is 0 Å². The summed E-state index contributed by atoms with van der Waals surface area (Å²) in [6.07, 6.45) is -1.67. The lowest BCUT2D eigenvalue weighted by Crippen LogP contribution is -2.41. The van der Waals surface area contributed by atoms with Crippen molar-refractivity contribution in [3.8, 4) is 0 Å². The lowest BCUT2D eigenvalue weighted by atomic mass is 9.18. The summed E-state index contributed by atoms with van der Waals surface area (Å²) >= 11 is 0. The molecule has 0 heterocycles. The van der Waals surface area contributed by atoms with Gasteiger partial charge >= 0.3 is 0 Å². The molecule has 0 fully saturated rings. The summed E-state index contributed by atoms with van der Waals surface area (Å²) in [5.41, 5.74) is 0. The highest BCUT2D eigenvalue weighted by atomic mass is 31.2. The molecule has 1 atom stereocenters. The van der Waals surface area contributed by atoms with Crippen LogP contribution in [-0.4, -0.2) is 55.6 Å². The van der Waals surface area contributed by atoms with Gasteiger partial charge in [0.25, 0.3) is 0 Å². The van der Waals surface area contributed by atoms with Gasteiger partial charge in [0.15, 0.2) is 0 Å². The summed E-state index contributed by atoms with van der Waals surface area (Å²) in [5.74, 6) is 0. The molecule has 0 aromatic rings. The van der Waals surface area contributed by atoms with Crippen LogP contribution in [0, 0.1) is 0 Å². The second-order valence-corrected chi connectivity index (χ2v) is 8.01. The third-order valence-corrected chi connectivity index (χ3v) is 6.17. The Hall–Kier alpha value is 0.685. The molecule has 0 saturated heterocycles. The standard InChI is InChI=1S/C4H9B7OP/c1-4(2,3)13(12,10(6)7)11(8)9-5/h1-3H3. The fourth-order valence-electron chi connectivity index (χ4n) is 1.22. The molecule has 0 aromatic carbocycles. The van der Waals surface area contributed by atoms with E-state index in [2.05, 4.69) is 0 Å². The smallest absolute Gasteiger partial charge is 0.111 e. The molecule has 57 valence electrons. The van der Waals surface area contributed by atoms with Crippen molar-refractivity contribution in [2.45, 2.75) is 25.9 Å². The molecule has 0 N–H and O–H groups in total. The second-order valence-electron chi connectivity index (χ2n) is 4.05. The summed E-state index contributed by atoms with van der Waals surface area (Å²) in [5, 5.41) is -0.531. The van der Waals surface area contributed by atoms with Crippen LogP contribution in [0.2, 0.25) is 0 Å². The minimum absolute atomic E-state index is 0.531. The molecule has 1 nitrogen and oxygen atoms in total. The lowest BCUT2D eigenvalue weighted by molar-refractivity contribution is 0.570. The molecule has 0 spiro atoms. The summed E-state index contributed by atoms with van der Waals surface area (Å²) < 4.78 is 12.4. The van der Waals surface area contributed by atoms with Gasteiger partial charge in [-0.1, -0.05) is 20.8 Å². The monoisotopic (exact) mass is 181 g/mol. The molecule has 0 aliphatic rings. The van der Waals surface area contributed by atoms with Crippen molar-refractivity contribution in [2.24, 2.45) is 0 Å². The van der Waals surface area contributed by atoms with Crippen molar-refractivity contribution in [1.29, 1.82) is 0 Å². The first kappa shape index (κ1) is 13.7. The van der Waals surface area contributed by atoms with E-state index in [1.807, 2.05) is 0 Å². The molecule has 0 saturated carbocycles. The highest BCUT2D eigenvalue weighted by Gasteiger charge is 2.42. The Balaban J connectivity index is 5.09. The van der Waals surface area contributed by atoms with Gasteiger partial charge in [-0.3, -0.25) is 0 Å². The van der Waals surface area contributed by atoms with Crippen molar-refractivity contribution in [1.82, 2.24) is 0 Å². The SMILES string of the molecule is [B][B]B([B])P(=O)(B([B])[B])C(C)(C)C. The van der Waals surface area contributed by atoms with Gasteiger partial charge in [0.1, 0.15) is 12.4 Å². The van der Waals surface area contributed by atoms with Gasteiger partial charge in [-0.15, -0.1) is 0 Å². The predicted octanol–water partition coefficient (Wildman–Crippen LogP) is -0.589. The van der Waals surface area contributed by atoms with E-state index in [-0.39, 0.29) is 0 Å². The molecular weight excluding hydrogens is 171 g/mol. The van der Waals surface area contributed by atoms with Gasteiger partial charge in [-0.2, -0.15) is 0 Å². The maximum absolute atomic E-state index is 12.4. The molecule has 0 bridgehead atoms. The van der Waals surface area contributed by atoms with Gasteiger partial charge < -0.3 is 4.57 Å². The van der Waals surface area contributed by atoms with Crippen LogP contribution in [0.3, 0.4) is 0 Å². The zero-order valence-corrected chi connectivity index (χ0v) is 9.29. The highest BCUT2D eigenvalue weighted by Crippen LogP contribution is 2.58. The molecule has 1 unspecified atom stereocenters. The average Bonchev–Trinajstić information content (AvgIpc) is 1.98. The van der Waals surface area contributed by atoms with Crippen LogP contribution < -0.4 is 0 Å². The number of hydrogen-bond donors (Lipinski definition) is 0. The van der Waals surface area contributed by atoms with E-state index in [1.54, 1.807) is 20.8 Å². The molecule has 9 radical (unpaired) electrons. The molecule has 0 aliphatic carbocycles. The minimum atomic E-state index is -2.91. The zero-order chi connectivity index (χ0) is 10.9. The molecule has 0 rings (SSSR count). The van der Waals surface area contributed by atoms with Crippen molar-refractivity contribution in [3.63, 3.8) is 0 Å². The average molecular weight is 180 g/mol. The van der Waals surface area contributed by atoms with Crippen LogP contribution in [0.25, 0.3) is 0 Å². The minimum Gasteiger partial charge on any atom is -0.346 e. The summed E-state index contributed by atoms with van der Waals surface area (Å²) in [4.78, 5) is 0. The first-order valence-electron chi connectivity index (χ1n) is 4.09. The first-order chi connectivity index (χ1) is 5.67. The predicted molar refractivity (Wildman–Crippen MR) is 67.6 cm³/mol. The van der Waals surface area contributed by atoms with Crippen molar-refractivity contribution >= 4 is 57.3 Å².